The Bertz CT molecular complexity index is 995. The molecule has 166 valence electrons. The molecule has 2 N–H and O–H groups in total. The van der Waals surface area contributed by atoms with Gasteiger partial charge in [0.15, 0.2) is 17.5 Å². The summed E-state index contributed by atoms with van der Waals surface area (Å²) in [5.74, 6) is 3.14. The fraction of sp³-hybridized carbons (Fsp3) is 0.286. The largest absolute Gasteiger partial charge is 0.493 e. The van der Waals surface area contributed by atoms with E-state index < -0.39 is 0 Å². The van der Waals surface area contributed by atoms with E-state index in [0.29, 0.717) is 53.7 Å². The van der Waals surface area contributed by atoms with E-state index in [-0.39, 0.29) is 24.0 Å². The van der Waals surface area contributed by atoms with Crippen LogP contribution in [0.1, 0.15) is 11.5 Å². The van der Waals surface area contributed by atoms with E-state index in [1.54, 1.807) is 33.4 Å². The van der Waals surface area contributed by atoms with Gasteiger partial charge in [-0.2, -0.15) is 4.98 Å². The lowest BCUT2D eigenvalue weighted by atomic mass is 10.2. The first kappa shape index (κ1) is 24.7. The Kier molecular flexibility index (Phi) is 9.86. The molecule has 0 amide bonds. The van der Waals surface area contributed by atoms with Crippen LogP contribution in [0.2, 0.25) is 5.02 Å². The van der Waals surface area contributed by atoms with Crippen molar-refractivity contribution in [3.63, 3.8) is 0 Å². The highest BCUT2D eigenvalue weighted by Gasteiger charge is 2.09. The SMILES string of the molecule is CN=C(NCCc1nc(-c2ccc(Cl)cc2)no1)NCc1ccc(OC)c(OC)c1.I. The molecule has 0 saturated heterocycles. The summed E-state index contributed by atoms with van der Waals surface area (Å²) in [7, 11) is 4.95. The second kappa shape index (κ2) is 12.4. The number of guanidine groups is 1. The quantitative estimate of drug-likeness (QED) is 0.246. The number of rotatable bonds is 8. The number of nitrogens with one attached hydrogen (secondary N) is 2. The molecule has 0 saturated carbocycles. The van der Waals surface area contributed by atoms with Crippen LogP contribution in [-0.4, -0.2) is 43.9 Å². The van der Waals surface area contributed by atoms with Gasteiger partial charge in [-0.3, -0.25) is 4.99 Å². The molecule has 0 aliphatic carbocycles. The van der Waals surface area contributed by atoms with Crippen LogP contribution in [0.25, 0.3) is 11.4 Å². The van der Waals surface area contributed by atoms with E-state index in [2.05, 4.69) is 25.8 Å². The van der Waals surface area contributed by atoms with Gasteiger partial charge in [-0.15, -0.1) is 24.0 Å². The number of ether oxygens (including phenoxy) is 2. The van der Waals surface area contributed by atoms with E-state index >= 15 is 0 Å². The van der Waals surface area contributed by atoms with Crippen molar-refractivity contribution in [2.24, 2.45) is 4.99 Å². The van der Waals surface area contributed by atoms with Gasteiger partial charge in [0.2, 0.25) is 11.7 Å². The molecule has 2 aromatic carbocycles. The summed E-state index contributed by atoms with van der Waals surface area (Å²) < 4.78 is 15.9. The zero-order valence-corrected chi connectivity index (χ0v) is 20.6. The van der Waals surface area contributed by atoms with Gasteiger partial charge in [-0.25, -0.2) is 0 Å². The molecular formula is C21H25ClIN5O3. The topological polar surface area (TPSA) is 93.8 Å². The Labute approximate surface area is 203 Å². The fourth-order valence-corrected chi connectivity index (χ4v) is 2.88. The first-order chi connectivity index (χ1) is 14.6. The van der Waals surface area contributed by atoms with Crippen molar-refractivity contribution < 1.29 is 14.0 Å². The molecule has 0 aliphatic rings. The van der Waals surface area contributed by atoms with Crippen molar-refractivity contribution >= 4 is 41.5 Å². The predicted octanol–water partition coefficient (Wildman–Crippen LogP) is 3.93. The van der Waals surface area contributed by atoms with Gasteiger partial charge in [0, 0.05) is 37.1 Å². The van der Waals surface area contributed by atoms with Gasteiger partial charge < -0.3 is 24.6 Å². The molecule has 0 bridgehead atoms. The van der Waals surface area contributed by atoms with Crippen LogP contribution < -0.4 is 20.1 Å². The number of hydrogen-bond donors (Lipinski definition) is 2. The molecule has 3 aromatic rings. The number of halogens is 2. The maximum absolute atomic E-state index is 5.91. The van der Waals surface area contributed by atoms with Crippen LogP contribution >= 0.6 is 35.6 Å². The van der Waals surface area contributed by atoms with Crippen molar-refractivity contribution in [3.8, 4) is 22.9 Å². The highest BCUT2D eigenvalue weighted by Crippen LogP contribution is 2.27. The minimum atomic E-state index is 0. The average molecular weight is 558 g/mol. The molecule has 1 aromatic heterocycles. The van der Waals surface area contributed by atoms with Crippen LogP contribution in [-0.2, 0) is 13.0 Å². The molecule has 1 heterocycles. The maximum atomic E-state index is 5.91. The fourth-order valence-electron chi connectivity index (χ4n) is 2.76. The minimum Gasteiger partial charge on any atom is -0.493 e. The van der Waals surface area contributed by atoms with Gasteiger partial charge in [0.1, 0.15) is 0 Å². The summed E-state index contributed by atoms with van der Waals surface area (Å²) in [5, 5.41) is 11.2. The van der Waals surface area contributed by atoms with Gasteiger partial charge in [-0.1, -0.05) is 22.8 Å². The van der Waals surface area contributed by atoms with Crippen molar-refractivity contribution in [1.29, 1.82) is 0 Å². The van der Waals surface area contributed by atoms with Crippen LogP contribution in [0.5, 0.6) is 11.5 Å². The van der Waals surface area contributed by atoms with Crippen molar-refractivity contribution in [3.05, 3.63) is 58.9 Å². The number of hydrogen-bond acceptors (Lipinski definition) is 6. The van der Waals surface area contributed by atoms with E-state index in [1.807, 2.05) is 30.3 Å². The predicted molar refractivity (Wildman–Crippen MR) is 132 cm³/mol. The summed E-state index contributed by atoms with van der Waals surface area (Å²) in [4.78, 5) is 8.65. The number of methoxy groups -OCH3 is 2. The normalized spacial score (nSPS) is 10.9. The smallest absolute Gasteiger partial charge is 0.228 e. The Morgan fingerprint density at radius 2 is 1.81 bits per heavy atom. The molecule has 0 atom stereocenters. The van der Waals surface area contributed by atoms with Crippen LogP contribution in [0.4, 0.5) is 0 Å². The van der Waals surface area contributed by atoms with Crippen molar-refractivity contribution in [2.75, 3.05) is 27.8 Å². The zero-order chi connectivity index (χ0) is 21.3. The Morgan fingerprint density at radius 3 is 2.48 bits per heavy atom. The third kappa shape index (κ3) is 7.00. The molecule has 10 heteroatoms. The van der Waals surface area contributed by atoms with Gasteiger partial charge >= 0.3 is 0 Å². The Hall–Kier alpha value is -2.53. The molecular weight excluding hydrogens is 533 g/mol. The van der Waals surface area contributed by atoms with Crippen molar-refractivity contribution in [2.45, 2.75) is 13.0 Å². The van der Waals surface area contributed by atoms with Gasteiger partial charge in [0.05, 0.1) is 14.2 Å². The monoisotopic (exact) mass is 557 g/mol. The highest BCUT2D eigenvalue weighted by atomic mass is 127. The maximum Gasteiger partial charge on any atom is 0.228 e. The average Bonchev–Trinajstić information content (AvgIpc) is 3.25. The molecule has 0 fully saturated rings. The molecule has 0 unspecified atom stereocenters. The first-order valence-corrected chi connectivity index (χ1v) is 9.74. The summed E-state index contributed by atoms with van der Waals surface area (Å²) in [6.45, 7) is 1.18. The van der Waals surface area contributed by atoms with Crippen molar-refractivity contribution in [1.82, 2.24) is 20.8 Å². The summed E-state index contributed by atoms with van der Waals surface area (Å²) in [5.41, 5.74) is 1.90. The van der Waals surface area contributed by atoms with Crippen LogP contribution in [0, 0.1) is 0 Å². The molecule has 0 spiro atoms. The first-order valence-electron chi connectivity index (χ1n) is 9.37. The van der Waals surface area contributed by atoms with Crippen LogP contribution in [0.3, 0.4) is 0 Å². The van der Waals surface area contributed by atoms with E-state index in [9.17, 15) is 0 Å². The summed E-state index contributed by atoms with van der Waals surface area (Å²) in [6, 6.07) is 13.1. The lowest BCUT2D eigenvalue weighted by molar-refractivity contribution is 0.354. The number of benzene rings is 2. The van der Waals surface area contributed by atoms with Gasteiger partial charge in [0.25, 0.3) is 0 Å². The molecule has 31 heavy (non-hydrogen) atoms. The second-order valence-corrected chi connectivity index (χ2v) is 6.75. The number of aromatic nitrogens is 2. The third-order valence-corrected chi connectivity index (χ3v) is 4.59. The van der Waals surface area contributed by atoms with E-state index in [1.165, 1.54) is 0 Å². The van der Waals surface area contributed by atoms with E-state index in [0.717, 1.165) is 11.1 Å². The summed E-state index contributed by atoms with van der Waals surface area (Å²) >= 11 is 5.91. The van der Waals surface area contributed by atoms with E-state index in [4.69, 9.17) is 25.6 Å². The molecule has 3 rings (SSSR count). The lowest BCUT2D eigenvalue weighted by Crippen LogP contribution is -2.37. The Morgan fingerprint density at radius 1 is 1.06 bits per heavy atom. The third-order valence-electron chi connectivity index (χ3n) is 4.33. The minimum absolute atomic E-state index is 0. The Balaban J connectivity index is 0.00000341. The standard InChI is InChI=1S/C21H24ClN5O3.HI/c1-23-21(25-13-14-4-9-17(28-2)18(12-14)29-3)24-11-10-19-26-20(27-30-19)15-5-7-16(22)8-6-15;/h4-9,12H,10-11,13H2,1-3H3,(H2,23,24,25);1H. The van der Waals surface area contributed by atoms with Gasteiger partial charge in [-0.05, 0) is 42.0 Å². The number of aliphatic imine (C=N–C) groups is 1. The molecule has 0 radical (unpaired) electrons. The lowest BCUT2D eigenvalue weighted by Gasteiger charge is -2.13. The van der Waals surface area contributed by atoms with Crippen LogP contribution in [0.15, 0.2) is 52.0 Å². The number of nitrogens with zero attached hydrogens (tertiary/aromatic N) is 3. The second-order valence-electron chi connectivity index (χ2n) is 6.31. The highest BCUT2D eigenvalue weighted by molar-refractivity contribution is 14.0. The summed E-state index contributed by atoms with van der Waals surface area (Å²) in [6.07, 6.45) is 0.567. The zero-order valence-electron chi connectivity index (χ0n) is 17.5. The molecule has 0 aliphatic heterocycles. The molecule has 8 nitrogen and oxygen atoms in total.